The molecule has 2 unspecified atom stereocenters. The van der Waals surface area contributed by atoms with E-state index in [1.54, 1.807) is 20.8 Å². The van der Waals surface area contributed by atoms with Crippen LogP contribution in [-0.2, 0) is 9.53 Å². The van der Waals surface area contributed by atoms with Crippen molar-refractivity contribution in [2.24, 2.45) is 10.2 Å². The van der Waals surface area contributed by atoms with Crippen LogP contribution in [0.2, 0.25) is 0 Å². The highest BCUT2D eigenvalue weighted by Gasteiger charge is 2.39. The number of carbonyl (C=O) groups excluding carboxylic acids is 1. The maximum atomic E-state index is 11.7. The molecule has 0 saturated carbocycles. The van der Waals surface area contributed by atoms with Crippen LogP contribution >= 0.6 is 0 Å². The maximum Gasteiger partial charge on any atom is 0.320 e. The summed E-state index contributed by atoms with van der Waals surface area (Å²) in [5.74, 6) is -0.705. The second-order valence-corrected chi connectivity index (χ2v) is 5.16. The lowest BCUT2D eigenvalue weighted by molar-refractivity contribution is -0.161. The highest BCUT2D eigenvalue weighted by Crippen LogP contribution is 2.30. The zero-order valence-electron chi connectivity index (χ0n) is 11.7. The molecule has 11 heteroatoms. The van der Waals surface area contributed by atoms with Crippen molar-refractivity contribution in [3.63, 3.8) is 0 Å². The van der Waals surface area contributed by atoms with Crippen LogP contribution in [0, 0.1) is 0 Å². The number of esters is 1. The predicted octanol–water partition coefficient (Wildman–Crippen LogP) is 1.11. The lowest BCUT2D eigenvalue weighted by atomic mass is 10.2. The molecule has 1 aliphatic heterocycles. The molecular weight excluding hydrogens is 282 g/mol. The minimum Gasteiger partial charge on any atom is -0.459 e. The monoisotopic (exact) mass is 297 g/mol. The van der Waals surface area contributed by atoms with E-state index < -0.39 is 30.6 Å². The van der Waals surface area contributed by atoms with Gasteiger partial charge in [-0.05, 0) is 31.8 Å². The molecule has 0 aromatic carbocycles. The number of hydrogen-bond donors (Lipinski definition) is 2. The standard InChI is InChI=1S/C10H15N7O4/c1-10(2,3)21-5(18)4-17-8(19)6(13-15-11)7(9(17)20)14-16-12/h8-9,19-20H,4H2,1-3H3. The molecule has 0 amide bonds. The van der Waals surface area contributed by atoms with E-state index in [0.29, 0.717) is 0 Å². The normalized spacial score (nSPS) is 22.5. The number of ether oxygens (including phenoxy) is 1. The molecule has 0 aromatic rings. The Bertz CT molecular complexity index is 520. The highest BCUT2D eigenvalue weighted by atomic mass is 16.6. The average molecular weight is 297 g/mol. The van der Waals surface area contributed by atoms with Crippen LogP contribution in [0.1, 0.15) is 20.8 Å². The van der Waals surface area contributed by atoms with Crippen molar-refractivity contribution in [3.05, 3.63) is 32.3 Å². The Hall–Kier alpha value is -2.29. The van der Waals surface area contributed by atoms with Crippen LogP contribution in [0.15, 0.2) is 21.6 Å². The van der Waals surface area contributed by atoms with Gasteiger partial charge in [-0.15, -0.1) is 0 Å². The van der Waals surface area contributed by atoms with Gasteiger partial charge in [-0.25, -0.2) is 4.90 Å². The van der Waals surface area contributed by atoms with Gasteiger partial charge in [0.05, 0.1) is 11.4 Å². The molecule has 1 rings (SSSR count). The number of rotatable bonds is 4. The van der Waals surface area contributed by atoms with Gasteiger partial charge in [0.15, 0.2) is 0 Å². The van der Waals surface area contributed by atoms with Gasteiger partial charge >= 0.3 is 5.97 Å². The van der Waals surface area contributed by atoms with Crippen molar-refractivity contribution in [2.45, 2.75) is 38.8 Å². The minimum absolute atomic E-state index is 0.355. The summed E-state index contributed by atoms with van der Waals surface area (Å²) in [6, 6.07) is 0. The molecule has 2 N–H and O–H groups in total. The second-order valence-electron chi connectivity index (χ2n) is 5.16. The first-order chi connectivity index (χ1) is 9.71. The summed E-state index contributed by atoms with van der Waals surface area (Å²) in [5, 5.41) is 26.3. The smallest absolute Gasteiger partial charge is 0.320 e. The van der Waals surface area contributed by atoms with Crippen molar-refractivity contribution in [2.75, 3.05) is 6.54 Å². The third-order valence-electron chi connectivity index (χ3n) is 2.42. The fourth-order valence-corrected chi connectivity index (χ4v) is 1.71. The molecule has 0 saturated heterocycles. The van der Waals surface area contributed by atoms with Gasteiger partial charge in [0.25, 0.3) is 0 Å². The first kappa shape index (κ1) is 16.8. The molecule has 1 aliphatic rings. The van der Waals surface area contributed by atoms with Gasteiger partial charge in [-0.3, -0.25) is 4.79 Å². The van der Waals surface area contributed by atoms with E-state index in [2.05, 4.69) is 20.1 Å². The van der Waals surface area contributed by atoms with Crippen LogP contribution in [0.4, 0.5) is 0 Å². The molecule has 0 bridgehead atoms. The molecule has 0 spiro atoms. The number of carbonyl (C=O) groups is 1. The van der Waals surface area contributed by atoms with Gasteiger partial charge in [-0.2, -0.15) is 0 Å². The van der Waals surface area contributed by atoms with Crippen molar-refractivity contribution < 1.29 is 19.7 Å². The summed E-state index contributed by atoms with van der Waals surface area (Å²) in [6.07, 6.45) is -3.16. The van der Waals surface area contributed by atoms with Gasteiger partial charge in [0.1, 0.15) is 24.6 Å². The number of hydrogen-bond acceptors (Lipinski definition) is 7. The summed E-state index contributed by atoms with van der Waals surface area (Å²) >= 11 is 0. The Morgan fingerprint density at radius 1 is 1.24 bits per heavy atom. The SMILES string of the molecule is CC(C)(C)OC(=O)CN1C(O)C(N=[N+]=[N-])=C(N=[N+]=[N-])C1O. The molecule has 1 heterocycles. The Labute approximate surface area is 119 Å². The van der Waals surface area contributed by atoms with Crippen molar-refractivity contribution in [3.8, 4) is 0 Å². The van der Waals surface area contributed by atoms with Gasteiger partial charge < -0.3 is 14.9 Å². The summed E-state index contributed by atoms with van der Waals surface area (Å²) in [4.78, 5) is 17.6. The average Bonchev–Trinajstić information content (AvgIpc) is 2.55. The van der Waals surface area contributed by atoms with Crippen LogP contribution in [-0.4, -0.2) is 45.7 Å². The topological polar surface area (TPSA) is 168 Å². The molecule has 0 fully saturated rings. The first-order valence-electron chi connectivity index (χ1n) is 5.89. The van der Waals surface area contributed by atoms with Crippen molar-refractivity contribution in [1.82, 2.24) is 4.90 Å². The molecule has 0 aliphatic carbocycles. The first-order valence-corrected chi connectivity index (χ1v) is 5.89. The lowest BCUT2D eigenvalue weighted by Crippen LogP contribution is -2.43. The van der Waals surface area contributed by atoms with Crippen LogP contribution in [0.25, 0.3) is 20.9 Å². The largest absolute Gasteiger partial charge is 0.459 e. The Morgan fingerprint density at radius 3 is 2.00 bits per heavy atom. The third kappa shape index (κ3) is 4.09. The number of azide groups is 2. The van der Waals surface area contributed by atoms with Gasteiger partial charge in [0.2, 0.25) is 0 Å². The Kier molecular flexibility index (Phi) is 5.14. The maximum absolute atomic E-state index is 11.7. The second kappa shape index (κ2) is 6.44. The summed E-state index contributed by atoms with van der Waals surface area (Å²) in [7, 11) is 0. The fraction of sp³-hybridized carbons (Fsp3) is 0.700. The van der Waals surface area contributed by atoms with E-state index in [4.69, 9.17) is 15.8 Å². The molecule has 0 aromatic heterocycles. The zero-order valence-corrected chi connectivity index (χ0v) is 11.7. The van der Waals surface area contributed by atoms with Gasteiger partial charge in [0, 0.05) is 9.82 Å². The van der Waals surface area contributed by atoms with Crippen molar-refractivity contribution in [1.29, 1.82) is 0 Å². The van der Waals surface area contributed by atoms with E-state index in [1.807, 2.05) is 0 Å². The minimum atomic E-state index is -1.58. The number of nitrogens with zero attached hydrogens (tertiary/aromatic N) is 7. The summed E-state index contributed by atoms with van der Waals surface area (Å²) < 4.78 is 5.06. The number of aliphatic hydroxyl groups is 2. The molecular formula is C10H15N7O4. The Balaban J connectivity index is 2.96. The molecule has 11 nitrogen and oxygen atoms in total. The van der Waals surface area contributed by atoms with E-state index >= 15 is 0 Å². The molecule has 21 heavy (non-hydrogen) atoms. The van der Waals surface area contributed by atoms with E-state index in [0.717, 1.165) is 4.90 Å². The highest BCUT2D eigenvalue weighted by molar-refractivity contribution is 5.72. The Morgan fingerprint density at radius 2 is 1.67 bits per heavy atom. The lowest BCUT2D eigenvalue weighted by Gasteiger charge is -2.26. The summed E-state index contributed by atoms with van der Waals surface area (Å²) in [6.45, 7) is 4.51. The van der Waals surface area contributed by atoms with Crippen LogP contribution in [0.3, 0.4) is 0 Å². The van der Waals surface area contributed by atoms with Gasteiger partial charge in [-0.1, -0.05) is 10.2 Å². The summed E-state index contributed by atoms with van der Waals surface area (Å²) in [5.41, 5.74) is 15.4. The zero-order chi connectivity index (χ0) is 16.2. The van der Waals surface area contributed by atoms with E-state index in [9.17, 15) is 15.0 Å². The molecule has 2 atom stereocenters. The molecule has 0 radical (unpaired) electrons. The fourth-order valence-electron chi connectivity index (χ4n) is 1.71. The van der Waals surface area contributed by atoms with Crippen LogP contribution < -0.4 is 0 Å². The molecule has 114 valence electrons. The van der Waals surface area contributed by atoms with Crippen molar-refractivity contribution >= 4 is 5.97 Å². The van der Waals surface area contributed by atoms with E-state index in [-0.39, 0.29) is 11.4 Å². The predicted molar refractivity (Wildman–Crippen MR) is 69.9 cm³/mol. The number of aliphatic hydroxyl groups excluding tert-OH is 2. The van der Waals surface area contributed by atoms with Crippen LogP contribution in [0.5, 0.6) is 0 Å². The van der Waals surface area contributed by atoms with E-state index in [1.165, 1.54) is 0 Å². The third-order valence-corrected chi connectivity index (χ3v) is 2.42. The quantitative estimate of drug-likeness (QED) is 0.342.